The molecule has 1 aromatic heterocycles. The van der Waals surface area contributed by atoms with Crippen LogP contribution < -0.4 is 0 Å². The van der Waals surface area contributed by atoms with Gasteiger partial charge in [-0.15, -0.1) is 0 Å². The minimum Gasteiger partial charge on any atom is -0.336 e. The molecule has 1 aromatic carbocycles. The fourth-order valence-electron chi connectivity index (χ4n) is 2.82. The van der Waals surface area contributed by atoms with Crippen molar-refractivity contribution < 1.29 is 22.0 Å². The number of carbonyl (C=O) groups excluding carboxylic acids is 1. The molecular formula is C16H18F2N4O3S. The van der Waals surface area contributed by atoms with Gasteiger partial charge >= 0.3 is 0 Å². The van der Waals surface area contributed by atoms with Gasteiger partial charge in [0.25, 0.3) is 5.91 Å². The molecule has 2 heterocycles. The number of carbonyl (C=O) groups is 1. The van der Waals surface area contributed by atoms with Gasteiger partial charge in [0.05, 0.1) is 11.8 Å². The van der Waals surface area contributed by atoms with Gasteiger partial charge in [-0.1, -0.05) is 0 Å². The fraction of sp³-hybridized carbons (Fsp3) is 0.375. The minimum absolute atomic E-state index is 0.00331. The molecule has 26 heavy (non-hydrogen) atoms. The molecule has 10 heteroatoms. The maximum Gasteiger partial charge on any atom is 0.257 e. The second-order valence-corrected chi connectivity index (χ2v) is 7.94. The maximum atomic E-state index is 13.8. The molecule has 7 nitrogen and oxygen atoms in total. The summed E-state index contributed by atoms with van der Waals surface area (Å²) in [4.78, 5) is 13.4. The Bertz CT molecular complexity index is 950. The average Bonchev–Trinajstić information content (AvgIpc) is 2.95. The number of benzene rings is 1. The molecule has 0 atom stereocenters. The summed E-state index contributed by atoms with van der Waals surface area (Å²) < 4.78 is 55.0. The van der Waals surface area contributed by atoms with Crippen LogP contribution in [-0.2, 0) is 17.1 Å². The van der Waals surface area contributed by atoms with Crippen LogP contribution in [0.25, 0.3) is 0 Å². The largest absolute Gasteiger partial charge is 0.336 e. The molecule has 1 amide bonds. The van der Waals surface area contributed by atoms with Crippen LogP contribution in [0.2, 0.25) is 0 Å². The molecule has 1 saturated heterocycles. The standard InChI is InChI=1S/C16H18F2N4O3S/c1-11-13(10-19-20(11)2)16(23)21-5-7-22(8-6-21)26(24,25)15-9-12(17)3-4-14(15)18/h3-4,9-10H,5-8H2,1-2H3. The van der Waals surface area contributed by atoms with Gasteiger partial charge in [0.2, 0.25) is 10.0 Å². The molecule has 140 valence electrons. The van der Waals surface area contributed by atoms with Crippen molar-refractivity contribution in [2.75, 3.05) is 26.2 Å². The Morgan fingerprint density at radius 2 is 1.81 bits per heavy atom. The highest BCUT2D eigenvalue weighted by Gasteiger charge is 2.33. The maximum absolute atomic E-state index is 13.8. The van der Waals surface area contributed by atoms with E-state index in [1.54, 1.807) is 18.7 Å². The number of aryl methyl sites for hydroxylation is 1. The number of piperazine rings is 1. The van der Waals surface area contributed by atoms with E-state index in [2.05, 4.69) is 5.10 Å². The van der Waals surface area contributed by atoms with E-state index in [9.17, 15) is 22.0 Å². The van der Waals surface area contributed by atoms with Crippen LogP contribution in [0.5, 0.6) is 0 Å². The zero-order valence-electron chi connectivity index (χ0n) is 14.3. The second-order valence-electron chi connectivity index (χ2n) is 6.04. The Morgan fingerprint density at radius 3 is 2.38 bits per heavy atom. The number of hydrogen-bond donors (Lipinski definition) is 0. The number of aromatic nitrogens is 2. The number of hydrogen-bond acceptors (Lipinski definition) is 4. The van der Waals surface area contributed by atoms with Crippen LogP contribution in [0.4, 0.5) is 8.78 Å². The normalized spacial score (nSPS) is 16.1. The van der Waals surface area contributed by atoms with Crippen LogP contribution in [0, 0.1) is 18.6 Å². The lowest BCUT2D eigenvalue weighted by molar-refractivity contribution is 0.0697. The van der Waals surface area contributed by atoms with Gasteiger partial charge in [0.1, 0.15) is 16.5 Å². The van der Waals surface area contributed by atoms with E-state index < -0.39 is 26.6 Å². The highest BCUT2D eigenvalue weighted by molar-refractivity contribution is 7.89. The summed E-state index contributed by atoms with van der Waals surface area (Å²) in [5.41, 5.74) is 1.17. The van der Waals surface area contributed by atoms with Crippen LogP contribution in [-0.4, -0.2) is 59.5 Å². The average molecular weight is 384 g/mol. The molecule has 3 rings (SSSR count). The van der Waals surface area contributed by atoms with Crippen LogP contribution >= 0.6 is 0 Å². The Balaban J connectivity index is 1.75. The van der Waals surface area contributed by atoms with E-state index in [-0.39, 0.29) is 32.1 Å². The summed E-state index contributed by atoms with van der Waals surface area (Å²) in [6, 6.07) is 2.32. The smallest absolute Gasteiger partial charge is 0.257 e. The van der Waals surface area contributed by atoms with Gasteiger partial charge in [-0.2, -0.15) is 9.40 Å². The van der Waals surface area contributed by atoms with Crippen molar-refractivity contribution in [2.24, 2.45) is 7.05 Å². The summed E-state index contributed by atoms with van der Waals surface area (Å²) in [7, 11) is -2.44. The Morgan fingerprint density at radius 1 is 1.15 bits per heavy atom. The highest BCUT2D eigenvalue weighted by Crippen LogP contribution is 2.22. The number of halogens is 2. The lowest BCUT2D eigenvalue weighted by atomic mass is 10.2. The van der Waals surface area contributed by atoms with Crippen LogP contribution in [0.3, 0.4) is 0 Å². The second kappa shape index (κ2) is 6.76. The number of sulfonamides is 1. The summed E-state index contributed by atoms with van der Waals surface area (Å²) in [5.74, 6) is -2.06. The fourth-order valence-corrected chi connectivity index (χ4v) is 4.32. The number of amides is 1. The van der Waals surface area contributed by atoms with Gasteiger partial charge in [-0.3, -0.25) is 9.48 Å². The molecule has 0 N–H and O–H groups in total. The van der Waals surface area contributed by atoms with Gasteiger partial charge in [0.15, 0.2) is 0 Å². The van der Waals surface area contributed by atoms with Gasteiger partial charge in [-0.25, -0.2) is 17.2 Å². The van der Waals surface area contributed by atoms with Crippen LogP contribution in [0.15, 0.2) is 29.3 Å². The van der Waals surface area contributed by atoms with Crippen LogP contribution in [0.1, 0.15) is 16.1 Å². The molecule has 2 aromatic rings. The molecule has 1 aliphatic rings. The van der Waals surface area contributed by atoms with E-state index in [0.29, 0.717) is 17.3 Å². The van der Waals surface area contributed by atoms with Crippen molar-refractivity contribution in [1.29, 1.82) is 0 Å². The number of rotatable bonds is 3. The SMILES string of the molecule is Cc1c(C(=O)N2CCN(S(=O)(=O)c3cc(F)ccc3F)CC2)cnn1C. The topological polar surface area (TPSA) is 75.5 Å². The predicted molar refractivity (Wildman–Crippen MR) is 89.0 cm³/mol. The lowest BCUT2D eigenvalue weighted by Gasteiger charge is -2.34. The molecule has 1 fully saturated rings. The zero-order valence-corrected chi connectivity index (χ0v) is 15.1. The number of nitrogens with zero attached hydrogens (tertiary/aromatic N) is 4. The summed E-state index contributed by atoms with van der Waals surface area (Å²) in [6.45, 7) is 2.09. The molecule has 0 saturated carbocycles. The third-order valence-corrected chi connectivity index (χ3v) is 6.42. The van der Waals surface area contributed by atoms with Gasteiger partial charge in [0, 0.05) is 38.9 Å². The zero-order chi connectivity index (χ0) is 19.1. The molecule has 0 bridgehead atoms. The molecular weight excluding hydrogens is 366 g/mol. The van der Waals surface area contributed by atoms with E-state index in [0.717, 1.165) is 16.4 Å². The molecule has 0 radical (unpaired) electrons. The molecule has 0 aliphatic carbocycles. The van der Waals surface area contributed by atoms with E-state index in [1.807, 2.05) is 0 Å². The first-order chi connectivity index (χ1) is 12.2. The van der Waals surface area contributed by atoms with Gasteiger partial charge < -0.3 is 4.90 Å². The summed E-state index contributed by atoms with van der Waals surface area (Å²) in [6.07, 6.45) is 1.48. The van der Waals surface area contributed by atoms with E-state index >= 15 is 0 Å². The monoisotopic (exact) mass is 384 g/mol. The molecule has 0 unspecified atom stereocenters. The van der Waals surface area contributed by atoms with Crippen molar-refractivity contribution in [3.05, 3.63) is 47.3 Å². The van der Waals surface area contributed by atoms with Gasteiger partial charge in [-0.05, 0) is 25.1 Å². The Hall–Kier alpha value is -2.33. The predicted octanol–water partition coefficient (Wildman–Crippen LogP) is 1.15. The third kappa shape index (κ3) is 3.21. The van der Waals surface area contributed by atoms with Crippen molar-refractivity contribution in [1.82, 2.24) is 19.0 Å². The lowest BCUT2D eigenvalue weighted by Crippen LogP contribution is -2.50. The minimum atomic E-state index is -4.17. The Labute approximate surface area is 149 Å². The van der Waals surface area contributed by atoms with Crippen molar-refractivity contribution in [3.63, 3.8) is 0 Å². The first-order valence-electron chi connectivity index (χ1n) is 7.95. The van der Waals surface area contributed by atoms with Crippen molar-refractivity contribution >= 4 is 15.9 Å². The summed E-state index contributed by atoms with van der Waals surface area (Å²) in [5, 5.41) is 4.03. The highest BCUT2D eigenvalue weighted by atomic mass is 32.2. The first kappa shape index (κ1) is 18.5. The third-order valence-electron chi connectivity index (χ3n) is 4.50. The summed E-state index contributed by atoms with van der Waals surface area (Å²) >= 11 is 0. The Kier molecular flexibility index (Phi) is 4.80. The van der Waals surface area contributed by atoms with Crippen molar-refractivity contribution in [2.45, 2.75) is 11.8 Å². The quantitative estimate of drug-likeness (QED) is 0.796. The first-order valence-corrected chi connectivity index (χ1v) is 9.39. The van der Waals surface area contributed by atoms with E-state index in [4.69, 9.17) is 0 Å². The van der Waals surface area contributed by atoms with Crippen molar-refractivity contribution in [3.8, 4) is 0 Å². The van der Waals surface area contributed by atoms with E-state index in [1.165, 1.54) is 11.1 Å². The molecule has 0 spiro atoms. The molecule has 1 aliphatic heterocycles.